The summed E-state index contributed by atoms with van der Waals surface area (Å²) < 4.78 is 11.6. The number of hydrogen-bond donors (Lipinski definition) is 1. The predicted octanol–water partition coefficient (Wildman–Crippen LogP) is 3.51. The molecule has 4 nitrogen and oxygen atoms in total. The number of likely N-dealkylation sites (tertiary alicyclic amines) is 1. The Morgan fingerprint density at radius 2 is 2.00 bits per heavy atom. The summed E-state index contributed by atoms with van der Waals surface area (Å²) in [4.78, 5) is 2.42. The standard InChI is InChI=1S/C20H33NO3/c1-4-7-12-24-19-9-8-16(14-20(19)23-6-3)13-17-15-21(5-2)11-10-18(17)22/h8-9,14,17-18,22H,4-7,10-13,15H2,1-3H3. The van der Waals surface area contributed by atoms with E-state index in [4.69, 9.17) is 9.47 Å². The molecule has 1 aromatic carbocycles. The summed E-state index contributed by atoms with van der Waals surface area (Å²) in [6.07, 6.45) is 3.72. The van der Waals surface area contributed by atoms with Crippen molar-refractivity contribution in [1.82, 2.24) is 4.90 Å². The Bertz CT molecular complexity index is 492. The molecule has 0 saturated carbocycles. The van der Waals surface area contributed by atoms with Crippen LogP contribution in [0.2, 0.25) is 0 Å². The highest BCUT2D eigenvalue weighted by molar-refractivity contribution is 5.43. The number of unbranched alkanes of at least 4 members (excludes halogenated alkanes) is 1. The lowest BCUT2D eigenvalue weighted by Crippen LogP contribution is -2.43. The van der Waals surface area contributed by atoms with Crippen LogP contribution in [0.25, 0.3) is 0 Å². The molecular weight excluding hydrogens is 302 g/mol. The third kappa shape index (κ3) is 5.38. The Morgan fingerprint density at radius 3 is 2.71 bits per heavy atom. The summed E-state index contributed by atoms with van der Waals surface area (Å²) in [7, 11) is 0. The molecule has 1 aromatic rings. The number of benzene rings is 1. The highest BCUT2D eigenvalue weighted by Crippen LogP contribution is 2.31. The molecule has 1 saturated heterocycles. The normalized spacial score (nSPS) is 21.7. The smallest absolute Gasteiger partial charge is 0.161 e. The molecule has 136 valence electrons. The highest BCUT2D eigenvalue weighted by atomic mass is 16.5. The number of piperidine rings is 1. The second-order valence-corrected chi connectivity index (χ2v) is 6.63. The molecule has 24 heavy (non-hydrogen) atoms. The number of hydrogen-bond acceptors (Lipinski definition) is 4. The van der Waals surface area contributed by atoms with E-state index >= 15 is 0 Å². The van der Waals surface area contributed by atoms with E-state index in [1.165, 1.54) is 5.56 Å². The van der Waals surface area contributed by atoms with Crippen LogP contribution in [0.1, 0.15) is 45.6 Å². The molecule has 2 atom stereocenters. The molecule has 0 bridgehead atoms. The Kier molecular flexibility index (Phi) is 7.86. The van der Waals surface area contributed by atoms with E-state index < -0.39 is 0 Å². The minimum atomic E-state index is -0.205. The van der Waals surface area contributed by atoms with Crippen LogP contribution in [0.3, 0.4) is 0 Å². The van der Waals surface area contributed by atoms with Gasteiger partial charge in [0.05, 0.1) is 19.3 Å². The van der Waals surface area contributed by atoms with Crippen LogP contribution < -0.4 is 9.47 Å². The summed E-state index contributed by atoms with van der Waals surface area (Å²) in [5.74, 6) is 1.94. The summed E-state index contributed by atoms with van der Waals surface area (Å²) in [5.41, 5.74) is 1.21. The van der Waals surface area contributed by atoms with Gasteiger partial charge in [0, 0.05) is 19.0 Å². The molecule has 1 aliphatic rings. The minimum Gasteiger partial charge on any atom is -0.490 e. The molecule has 0 aromatic heterocycles. The molecule has 0 amide bonds. The SMILES string of the molecule is CCCCOc1ccc(CC2CN(CC)CCC2O)cc1OCC. The first-order valence-corrected chi connectivity index (χ1v) is 9.46. The minimum absolute atomic E-state index is 0.205. The molecule has 1 fully saturated rings. The lowest BCUT2D eigenvalue weighted by molar-refractivity contribution is 0.0290. The van der Waals surface area contributed by atoms with Gasteiger partial charge < -0.3 is 19.5 Å². The number of rotatable bonds is 9. The second-order valence-electron chi connectivity index (χ2n) is 6.63. The molecule has 2 unspecified atom stereocenters. The van der Waals surface area contributed by atoms with Crippen molar-refractivity contribution in [3.05, 3.63) is 23.8 Å². The van der Waals surface area contributed by atoms with Gasteiger partial charge in [-0.2, -0.15) is 0 Å². The quantitative estimate of drug-likeness (QED) is 0.701. The van der Waals surface area contributed by atoms with Gasteiger partial charge in [-0.15, -0.1) is 0 Å². The third-order valence-electron chi connectivity index (χ3n) is 4.79. The summed E-state index contributed by atoms with van der Waals surface area (Å²) in [6.45, 7) is 10.7. The Labute approximate surface area is 146 Å². The number of nitrogens with zero attached hydrogens (tertiary/aromatic N) is 1. The van der Waals surface area contributed by atoms with Crippen molar-refractivity contribution in [2.45, 2.75) is 52.6 Å². The second kappa shape index (κ2) is 9.90. The zero-order chi connectivity index (χ0) is 17.4. The number of aliphatic hydroxyl groups is 1. The van der Waals surface area contributed by atoms with E-state index in [0.717, 1.165) is 63.4 Å². The van der Waals surface area contributed by atoms with Crippen LogP contribution in [0, 0.1) is 5.92 Å². The van der Waals surface area contributed by atoms with Gasteiger partial charge in [-0.1, -0.05) is 26.3 Å². The Morgan fingerprint density at radius 1 is 1.17 bits per heavy atom. The van der Waals surface area contributed by atoms with Gasteiger partial charge in [-0.05, 0) is 50.4 Å². The van der Waals surface area contributed by atoms with Crippen LogP contribution in [0.15, 0.2) is 18.2 Å². The van der Waals surface area contributed by atoms with Crippen molar-refractivity contribution in [2.75, 3.05) is 32.8 Å². The molecule has 0 aliphatic carbocycles. The fourth-order valence-corrected chi connectivity index (χ4v) is 3.28. The van der Waals surface area contributed by atoms with Gasteiger partial charge in [0.25, 0.3) is 0 Å². The molecule has 1 N–H and O–H groups in total. The summed E-state index contributed by atoms with van der Waals surface area (Å²) in [5, 5.41) is 10.3. The number of aliphatic hydroxyl groups excluding tert-OH is 1. The van der Waals surface area contributed by atoms with Crippen molar-refractivity contribution in [3.63, 3.8) is 0 Å². The maximum atomic E-state index is 10.3. The van der Waals surface area contributed by atoms with Gasteiger partial charge >= 0.3 is 0 Å². The Balaban J connectivity index is 2.05. The van der Waals surface area contributed by atoms with E-state index in [1.807, 2.05) is 13.0 Å². The zero-order valence-electron chi connectivity index (χ0n) is 15.5. The van der Waals surface area contributed by atoms with Gasteiger partial charge in [-0.25, -0.2) is 0 Å². The van der Waals surface area contributed by atoms with Crippen molar-refractivity contribution < 1.29 is 14.6 Å². The van der Waals surface area contributed by atoms with Crippen LogP contribution in [0.5, 0.6) is 11.5 Å². The first-order valence-electron chi connectivity index (χ1n) is 9.46. The largest absolute Gasteiger partial charge is 0.490 e. The monoisotopic (exact) mass is 335 g/mol. The van der Waals surface area contributed by atoms with Gasteiger partial charge in [0.2, 0.25) is 0 Å². The molecule has 1 aliphatic heterocycles. The van der Waals surface area contributed by atoms with Gasteiger partial charge in [0.15, 0.2) is 11.5 Å². The first-order chi connectivity index (χ1) is 11.7. The van der Waals surface area contributed by atoms with Crippen molar-refractivity contribution in [1.29, 1.82) is 0 Å². The fraction of sp³-hybridized carbons (Fsp3) is 0.700. The molecular formula is C20H33NO3. The fourth-order valence-electron chi connectivity index (χ4n) is 3.28. The molecule has 0 spiro atoms. The average Bonchev–Trinajstić information content (AvgIpc) is 2.59. The molecule has 2 rings (SSSR count). The van der Waals surface area contributed by atoms with Crippen molar-refractivity contribution in [2.24, 2.45) is 5.92 Å². The van der Waals surface area contributed by atoms with E-state index in [-0.39, 0.29) is 6.10 Å². The van der Waals surface area contributed by atoms with E-state index in [9.17, 15) is 5.11 Å². The first kappa shape index (κ1) is 19.1. The Hall–Kier alpha value is -1.26. The van der Waals surface area contributed by atoms with E-state index in [1.54, 1.807) is 0 Å². The molecule has 1 heterocycles. The van der Waals surface area contributed by atoms with Gasteiger partial charge in [0.1, 0.15) is 0 Å². The van der Waals surface area contributed by atoms with Crippen LogP contribution in [-0.2, 0) is 6.42 Å². The number of ether oxygens (including phenoxy) is 2. The van der Waals surface area contributed by atoms with Crippen LogP contribution >= 0.6 is 0 Å². The lowest BCUT2D eigenvalue weighted by atomic mass is 9.88. The highest BCUT2D eigenvalue weighted by Gasteiger charge is 2.27. The maximum absolute atomic E-state index is 10.3. The third-order valence-corrected chi connectivity index (χ3v) is 4.79. The lowest BCUT2D eigenvalue weighted by Gasteiger charge is -2.35. The van der Waals surface area contributed by atoms with Crippen molar-refractivity contribution in [3.8, 4) is 11.5 Å². The summed E-state index contributed by atoms with van der Waals surface area (Å²) >= 11 is 0. The van der Waals surface area contributed by atoms with Crippen LogP contribution in [0.4, 0.5) is 0 Å². The maximum Gasteiger partial charge on any atom is 0.161 e. The van der Waals surface area contributed by atoms with Crippen molar-refractivity contribution >= 4 is 0 Å². The molecule has 0 radical (unpaired) electrons. The average molecular weight is 335 g/mol. The topological polar surface area (TPSA) is 41.9 Å². The molecule has 4 heteroatoms. The zero-order valence-corrected chi connectivity index (χ0v) is 15.5. The summed E-state index contributed by atoms with van der Waals surface area (Å²) in [6, 6.07) is 6.21. The van der Waals surface area contributed by atoms with E-state index in [2.05, 4.69) is 30.9 Å². The van der Waals surface area contributed by atoms with Gasteiger partial charge in [-0.3, -0.25) is 0 Å². The van der Waals surface area contributed by atoms with Crippen LogP contribution in [-0.4, -0.2) is 49.0 Å². The van der Waals surface area contributed by atoms with E-state index in [0.29, 0.717) is 12.5 Å². The predicted molar refractivity (Wildman–Crippen MR) is 97.9 cm³/mol.